The van der Waals surface area contributed by atoms with Gasteiger partial charge in [-0.3, -0.25) is 0 Å². The molecule has 0 spiro atoms. The molecule has 1 aromatic carbocycles. The van der Waals surface area contributed by atoms with E-state index in [4.69, 9.17) is 0 Å². The number of H-pyrrole nitrogens is 3. The standard InChI is InChI=1S/C14H11N5O/c1-7-9(5-11-13(17-7)16-6-15-11)8-3-2-4-10-12(8)19-14(20)18-10/h2-6H,1H3,(H,15,16,17)(H2,18,19,20). The minimum Gasteiger partial charge on any atom is -0.343 e. The van der Waals surface area contributed by atoms with Crippen molar-refractivity contribution in [3.63, 3.8) is 0 Å². The molecule has 0 bridgehead atoms. The van der Waals surface area contributed by atoms with E-state index in [1.54, 1.807) is 6.33 Å². The van der Waals surface area contributed by atoms with E-state index >= 15 is 0 Å². The predicted molar refractivity (Wildman–Crippen MR) is 76.5 cm³/mol. The normalized spacial score (nSPS) is 11.4. The zero-order valence-corrected chi connectivity index (χ0v) is 10.7. The summed E-state index contributed by atoms with van der Waals surface area (Å²) in [6.45, 7) is 1.94. The number of pyridine rings is 1. The van der Waals surface area contributed by atoms with Crippen molar-refractivity contribution in [2.75, 3.05) is 0 Å². The monoisotopic (exact) mass is 265 g/mol. The molecule has 4 aromatic rings. The molecule has 4 rings (SSSR count). The number of benzene rings is 1. The fourth-order valence-electron chi connectivity index (χ4n) is 2.52. The maximum absolute atomic E-state index is 11.5. The fourth-order valence-corrected chi connectivity index (χ4v) is 2.52. The zero-order chi connectivity index (χ0) is 13.7. The molecular formula is C14H11N5O. The molecule has 20 heavy (non-hydrogen) atoms. The second-order valence-corrected chi connectivity index (χ2v) is 4.70. The van der Waals surface area contributed by atoms with Gasteiger partial charge < -0.3 is 15.0 Å². The van der Waals surface area contributed by atoms with Crippen LogP contribution in [0.2, 0.25) is 0 Å². The summed E-state index contributed by atoms with van der Waals surface area (Å²) in [5, 5.41) is 0. The van der Waals surface area contributed by atoms with Gasteiger partial charge in [0.15, 0.2) is 5.65 Å². The first-order chi connectivity index (χ1) is 9.72. The van der Waals surface area contributed by atoms with Gasteiger partial charge in [0.25, 0.3) is 0 Å². The number of aromatic amines is 3. The SMILES string of the molecule is Cc1nc2nc[nH]c2cc1-c1cccc2[nH]c(=O)[nH]c12. The van der Waals surface area contributed by atoms with Crippen molar-refractivity contribution in [2.45, 2.75) is 6.92 Å². The number of hydrogen-bond acceptors (Lipinski definition) is 3. The third-order valence-electron chi connectivity index (χ3n) is 3.44. The number of imidazole rings is 2. The zero-order valence-electron chi connectivity index (χ0n) is 10.7. The lowest BCUT2D eigenvalue weighted by Gasteiger charge is -2.06. The molecule has 6 heteroatoms. The number of aromatic nitrogens is 5. The van der Waals surface area contributed by atoms with Gasteiger partial charge in [-0.2, -0.15) is 0 Å². The second kappa shape index (κ2) is 3.80. The number of nitrogens with one attached hydrogen (secondary N) is 3. The Morgan fingerprint density at radius 1 is 1.10 bits per heavy atom. The smallest absolute Gasteiger partial charge is 0.323 e. The molecule has 0 fully saturated rings. The highest BCUT2D eigenvalue weighted by Crippen LogP contribution is 2.29. The molecule has 0 aliphatic rings. The third-order valence-corrected chi connectivity index (χ3v) is 3.44. The van der Waals surface area contributed by atoms with Crippen LogP contribution in [0.15, 0.2) is 35.4 Å². The topological polar surface area (TPSA) is 90.2 Å². The number of aryl methyl sites for hydroxylation is 1. The first-order valence-corrected chi connectivity index (χ1v) is 6.24. The summed E-state index contributed by atoms with van der Waals surface area (Å²) in [5.74, 6) is 0. The number of para-hydroxylation sites is 1. The first-order valence-electron chi connectivity index (χ1n) is 6.24. The van der Waals surface area contributed by atoms with Gasteiger partial charge in [-0.25, -0.2) is 14.8 Å². The summed E-state index contributed by atoms with van der Waals surface area (Å²) in [6, 6.07) is 7.76. The largest absolute Gasteiger partial charge is 0.343 e. The van der Waals surface area contributed by atoms with Crippen LogP contribution in [0.1, 0.15) is 5.69 Å². The van der Waals surface area contributed by atoms with Crippen molar-refractivity contribution in [1.82, 2.24) is 24.9 Å². The molecule has 0 amide bonds. The van der Waals surface area contributed by atoms with Gasteiger partial charge in [-0.15, -0.1) is 0 Å². The van der Waals surface area contributed by atoms with E-state index in [0.29, 0.717) is 5.65 Å². The van der Waals surface area contributed by atoms with Crippen molar-refractivity contribution in [3.05, 3.63) is 46.8 Å². The fraction of sp³-hybridized carbons (Fsp3) is 0.0714. The molecule has 3 N–H and O–H groups in total. The molecular weight excluding hydrogens is 254 g/mol. The Morgan fingerprint density at radius 3 is 2.90 bits per heavy atom. The highest BCUT2D eigenvalue weighted by Gasteiger charge is 2.11. The molecule has 0 unspecified atom stereocenters. The van der Waals surface area contributed by atoms with Gasteiger partial charge in [-0.05, 0) is 19.1 Å². The Morgan fingerprint density at radius 2 is 2.00 bits per heavy atom. The highest BCUT2D eigenvalue weighted by molar-refractivity contribution is 5.94. The number of nitrogens with zero attached hydrogens (tertiary/aromatic N) is 2. The van der Waals surface area contributed by atoms with Gasteiger partial charge in [-0.1, -0.05) is 12.1 Å². The third kappa shape index (κ3) is 1.48. The Kier molecular flexibility index (Phi) is 2.09. The lowest BCUT2D eigenvalue weighted by atomic mass is 10.0. The van der Waals surface area contributed by atoms with Crippen LogP contribution in [-0.4, -0.2) is 24.9 Å². The van der Waals surface area contributed by atoms with Gasteiger partial charge in [0.1, 0.15) is 0 Å². The minimum absolute atomic E-state index is 0.208. The lowest BCUT2D eigenvalue weighted by molar-refractivity contribution is 1.21. The Hall–Kier alpha value is -2.89. The van der Waals surface area contributed by atoms with Crippen LogP contribution in [0.4, 0.5) is 0 Å². The minimum atomic E-state index is -0.208. The van der Waals surface area contributed by atoms with Gasteiger partial charge in [0.05, 0.1) is 22.9 Å². The molecule has 0 atom stereocenters. The molecule has 0 aliphatic heterocycles. The van der Waals surface area contributed by atoms with E-state index in [0.717, 1.165) is 33.4 Å². The predicted octanol–water partition coefficient (Wildman–Crippen LogP) is 2.10. The summed E-state index contributed by atoms with van der Waals surface area (Å²) in [4.78, 5) is 28.8. The number of rotatable bonds is 1. The van der Waals surface area contributed by atoms with E-state index in [9.17, 15) is 4.79 Å². The summed E-state index contributed by atoms with van der Waals surface area (Å²) in [6.07, 6.45) is 1.62. The van der Waals surface area contributed by atoms with E-state index < -0.39 is 0 Å². The van der Waals surface area contributed by atoms with Gasteiger partial charge in [0, 0.05) is 16.8 Å². The summed E-state index contributed by atoms with van der Waals surface area (Å²) in [5.41, 5.74) is 5.74. The second-order valence-electron chi connectivity index (χ2n) is 4.70. The molecule has 0 radical (unpaired) electrons. The van der Waals surface area contributed by atoms with Crippen molar-refractivity contribution in [3.8, 4) is 11.1 Å². The molecule has 98 valence electrons. The van der Waals surface area contributed by atoms with E-state index in [1.807, 2.05) is 31.2 Å². The van der Waals surface area contributed by atoms with Crippen LogP contribution in [-0.2, 0) is 0 Å². The van der Waals surface area contributed by atoms with Crippen molar-refractivity contribution >= 4 is 22.2 Å². The summed E-state index contributed by atoms with van der Waals surface area (Å²) in [7, 11) is 0. The number of fused-ring (bicyclic) bond motifs is 2. The Labute approximate surface area is 112 Å². The van der Waals surface area contributed by atoms with Crippen LogP contribution in [0.3, 0.4) is 0 Å². The van der Waals surface area contributed by atoms with Crippen molar-refractivity contribution < 1.29 is 0 Å². The average Bonchev–Trinajstić information content (AvgIpc) is 3.01. The van der Waals surface area contributed by atoms with Gasteiger partial charge in [0.2, 0.25) is 0 Å². The lowest BCUT2D eigenvalue weighted by Crippen LogP contribution is -1.99. The van der Waals surface area contributed by atoms with E-state index in [-0.39, 0.29) is 5.69 Å². The summed E-state index contributed by atoms with van der Waals surface area (Å²) < 4.78 is 0. The summed E-state index contributed by atoms with van der Waals surface area (Å²) >= 11 is 0. The molecule has 3 aromatic heterocycles. The average molecular weight is 265 g/mol. The maximum Gasteiger partial charge on any atom is 0.323 e. The Balaban J connectivity index is 2.09. The van der Waals surface area contributed by atoms with Crippen LogP contribution >= 0.6 is 0 Å². The highest BCUT2D eigenvalue weighted by atomic mass is 16.1. The number of hydrogen-bond donors (Lipinski definition) is 3. The molecule has 0 saturated heterocycles. The van der Waals surface area contributed by atoms with Crippen LogP contribution in [0, 0.1) is 6.92 Å². The van der Waals surface area contributed by atoms with Crippen LogP contribution in [0.25, 0.3) is 33.3 Å². The molecule has 0 saturated carbocycles. The van der Waals surface area contributed by atoms with E-state index in [1.165, 1.54) is 0 Å². The molecule has 6 nitrogen and oxygen atoms in total. The van der Waals surface area contributed by atoms with Gasteiger partial charge >= 0.3 is 5.69 Å². The van der Waals surface area contributed by atoms with Crippen LogP contribution < -0.4 is 5.69 Å². The molecule has 0 aliphatic carbocycles. The molecule has 3 heterocycles. The quantitative estimate of drug-likeness (QED) is 0.492. The van der Waals surface area contributed by atoms with Crippen molar-refractivity contribution in [2.24, 2.45) is 0 Å². The first kappa shape index (κ1) is 11.0. The maximum atomic E-state index is 11.5. The van der Waals surface area contributed by atoms with Crippen LogP contribution in [0.5, 0.6) is 0 Å². The van der Waals surface area contributed by atoms with E-state index in [2.05, 4.69) is 24.9 Å². The van der Waals surface area contributed by atoms with Crippen molar-refractivity contribution in [1.29, 1.82) is 0 Å². The Bertz CT molecular complexity index is 992.